The standard InChI is InChI=1S/C15H26N2S/c1-15(2,3)18-14-10-5-4-8-12(14)13(17)9-6-7-11-16/h4-5,8,10,13H,6-7,9,11,16-17H2,1-3H3/t13-/m1/s1. The Bertz CT molecular complexity index is 358. The van der Waals surface area contributed by atoms with Crippen LogP contribution in [0, 0.1) is 0 Å². The van der Waals surface area contributed by atoms with Gasteiger partial charge in [-0.3, -0.25) is 0 Å². The molecule has 0 aliphatic heterocycles. The average molecular weight is 266 g/mol. The lowest BCUT2D eigenvalue weighted by molar-refractivity contribution is 0.584. The van der Waals surface area contributed by atoms with E-state index < -0.39 is 0 Å². The fraction of sp³-hybridized carbons (Fsp3) is 0.600. The molecule has 4 N–H and O–H groups in total. The maximum Gasteiger partial charge on any atom is 0.0306 e. The molecule has 2 nitrogen and oxygen atoms in total. The van der Waals surface area contributed by atoms with E-state index in [9.17, 15) is 0 Å². The summed E-state index contributed by atoms with van der Waals surface area (Å²) < 4.78 is 0.215. The van der Waals surface area contributed by atoms with Crippen LogP contribution in [0.5, 0.6) is 0 Å². The van der Waals surface area contributed by atoms with Gasteiger partial charge in [-0.05, 0) is 31.0 Å². The molecular formula is C15H26N2S. The van der Waals surface area contributed by atoms with E-state index in [2.05, 4.69) is 45.0 Å². The first kappa shape index (κ1) is 15.5. The Morgan fingerprint density at radius 1 is 1.17 bits per heavy atom. The van der Waals surface area contributed by atoms with E-state index in [1.54, 1.807) is 0 Å². The molecule has 1 aromatic rings. The summed E-state index contributed by atoms with van der Waals surface area (Å²) in [4.78, 5) is 1.31. The van der Waals surface area contributed by atoms with Crippen LogP contribution in [0.25, 0.3) is 0 Å². The number of benzene rings is 1. The summed E-state index contributed by atoms with van der Waals surface area (Å²) in [7, 11) is 0. The third-order valence-electron chi connectivity index (χ3n) is 2.70. The molecular weight excluding hydrogens is 240 g/mol. The van der Waals surface area contributed by atoms with Crippen LogP contribution in [0.4, 0.5) is 0 Å². The zero-order chi connectivity index (χ0) is 13.6. The normalized spacial score (nSPS) is 13.6. The summed E-state index contributed by atoms with van der Waals surface area (Å²) in [6.07, 6.45) is 3.17. The first-order chi connectivity index (χ1) is 8.44. The molecule has 0 aromatic heterocycles. The number of nitrogens with two attached hydrogens (primary N) is 2. The average Bonchev–Trinajstić information content (AvgIpc) is 2.27. The molecule has 0 fully saturated rings. The van der Waals surface area contributed by atoms with Crippen molar-refractivity contribution in [3.05, 3.63) is 29.8 Å². The third kappa shape index (κ3) is 5.42. The second-order valence-electron chi connectivity index (χ2n) is 5.64. The molecule has 0 heterocycles. The summed E-state index contributed by atoms with van der Waals surface area (Å²) >= 11 is 1.89. The molecule has 0 aliphatic carbocycles. The van der Waals surface area contributed by atoms with Crippen LogP contribution in [-0.4, -0.2) is 11.3 Å². The molecule has 18 heavy (non-hydrogen) atoms. The van der Waals surface area contributed by atoms with Crippen LogP contribution in [0.15, 0.2) is 29.2 Å². The zero-order valence-corrected chi connectivity index (χ0v) is 12.6. The SMILES string of the molecule is CC(C)(C)Sc1ccccc1[C@H](N)CCCCN. The number of thioether (sulfide) groups is 1. The maximum atomic E-state index is 6.30. The van der Waals surface area contributed by atoms with Crippen molar-refractivity contribution in [1.82, 2.24) is 0 Å². The van der Waals surface area contributed by atoms with E-state index in [1.165, 1.54) is 10.5 Å². The highest BCUT2D eigenvalue weighted by molar-refractivity contribution is 8.00. The maximum absolute atomic E-state index is 6.30. The Hall–Kier alpha value is -0.510. The molecule has 0 spiro atoms. The number of rotatable bonds is 6. The van der Waals surface area contributed by atoms with Gasteiger partial charge in [0, 0.05) is 15.7 Å². The van der Waals surface area contributed by atoms with E-state index >= 15 is 0 Å². The van der Waals surface area contributed by atoms with Gasteiger partial charge in [-0.1, -0.05) is 45.4 Å². The number of hydrogen-bond acceptors (Lipinski definition) is 3. The predicted molar refractivity (Wildman–Crippen MR) is 81.9 cm³/mol. The minimum absolute atomic E-state index is 0.127. The van der Waals surface area contributed by atoms with Gasteiger partial charge < -0.3 is 11.5 Å². The monoisotopic (exact) mass is 266 g/mol. The highest BCUT2D eigenvalue weighted by Crippen LogP contribution is 2.36. The Morgan fingerprint density at radius 2 is 1.83 bits per heavy atom. The highest BCUT2D eigenvalue weighted by atomic mass is 32.2. The van der Waals surface area contributed by atoms with E-state index in [0.29, 0.717) is 0 Å². The molecule has 0 amide bonds. The van der Waals surface area contributed by atoms with Crippen molar-refractivity contribution in [3.63, 3.8) is 0 Å². The summed E-state index contributed by atoms with van der Waals surface area (Å²) in [5.41, 5.74) is 13.1. The van der Waals surface area contributed by atoms with Crippen LogP contribution in [0.2, 0.25) is 0 Å². The molecule has 0 bridgehead atoms. The third-order valence-corrected chi connectivity index (χ3v) is 3.91. The van der Waals surface area contributed by atoms with Gasteiger partial charge in [0.25, 0.3) is 0 Å². The molecule has 0 radical (unpaired) electrons. The summed E-state index contributed by atoms with van der Waals surface area (Å²) in [5, 5.41) is 0. The molecule has 0 unspecified atom stereocenters. The molecule has 1 rings (SSSR count). The number of hydrogen-bond donors (Lipinski definition) is 2. The molecule has 102 valence electrons. The first-order valence-electron chi connectivity index (χ1n) is 6.67. The van der Waals surface area contributed by atoms with E-state index in [-0.39, 0.29) is 10.8 Å². The highest BCUT2D eigenvalue weighted by Gasteiger charge is 2.17. The van der Waals surface area contributed by atoms with Crippen LogP contribution < -0.4 is 11.5 Å². The molecule has 0 saturated heterocycles. The Kier molecular flexibility index (Phi) is 6.19. The topological polar surface area (TPSA) is 52.0 Å². The molecule has 3 heteroatoms. The first-order valence-corrected chi connectivity index (χ1v) is 7.49. The zero-order valence-electron chi connectivity index (χ0n) is 11.8. The minimum Gasteiger partial charge on any atom is -0.330 e. The summed E-state index contributed by atoms with van der Waals surface area (Å²) in [5.74, 6) is 0. The second kappa shape index (κ2) is 7.17. The van der Waals surface area contributed by atoms with Gasteiger partial charge in [-0.2, -0.15) is 0 Å². The lowest BCUT2D eigenvalue weighted by Gasteiger charge is -2.22. The van der Waals surface area contributed by atoms with Gasteiger partial charge in [0.05, 0.1) is 0 Å². The van der Waals surface area contributed by atoms with Crippen molar-refractivity contribution in [2.24, 2.45) is 11.5 Å². The molecule has 1 aromatic carbocycles. The van der Waals surface area contributed by atoms with Gasteiger partial charge >= 0.3 is 0 Å². The van der Waals surface area contributed by atoms with E-state index in [4.69, 9.17) is 11.5 Å². The lowest BCUT2D eigenvalue weighted by atomic mass is 10.0. The van der Waals surface area contributed by atoms with Crippen molar-refractivity contribution in [2.75, 3.05) is 6.54 Å². The smallest absolute Gasteiger partial charge is 0.0306 e. The van der Waals surface area contributed by atoms with Crippen LogP contribution in [0.1, 0.15) is 51.6 Å². The van der Waals surface area contributed by atoms with Gasteiger partial charge in [0.1, 0.15) is 0 Å². The quantitative estimate of drug-likeness (QED) is 0.609. The predicted octanol–water partition coefficient (Wildman–Crippen LogP) is 3.71. The van der Waals surface area contributed by atoms with Crippen molar-refractivity contribution in [3.8, 4) is 0 Å². The van der Waals surface area contributed by atoms with Gasteiger partial charge in [0.2, 0.25) is 0 Å². The van der Waals surface area contributed by atoms with Crippen molar-refractivity contribution in [1.29, 1.82) is 0 Å². The Labute approximate surface area is 116 Å². The molecule has 0 saturated carbocycles. The molecule has 1 atom stereocenters. The van der Waals surface area contributed by atoms with Crippen molar-refractivity contribution in [2.45, 2.75) is 55.7 Å². The Morgan fingerprint density at radius 3 is 2.44 bits per heavy atom. The minimum atomic E-state index is 0.127. The summed E-state index contributed by atoms with van der Waals surface area (Å²) in [6, 6.07) is 8.62. The van der Waals surface area contributed by atoms with Crippen LogP contribution in [-0.2, 0) is 0 Å². The largest absolute Gasteiger partial charge is 0.330 e. The van der Waals surface area contributed by atoms with E-state index in [0.717, 1.165) is 25.8 Å². The Balaban J connectivity index is 2.74. The lowest BCUT2D eigenvalue weighted by Crippen LogP contribution is -2.14. The van der Waals surface area contributed by atoms with Crippen LogP contribution in [0.3, 0.4) is 0 Å². The van der Waals surface area contributed by atoms with Gasteiger partial charge in [-0.15, -0.1) is 11.8 Å². The number of unbranched alkanes of at least 4 members (excludes halogenated alkanes) is 1. The fourth-order valence-electron chi connectivity index (χ4n) is 1.87. The molecule has 0 aliphatic rings. The van der Waals surface area contributed by atoms with Crippen molar-refractivity contribution < 1.29 is 0 Å². The van der Waals surface area contributed by atoms with Crippen LogP contribution >= 0.6 is 11.8 Å². The van der Waals surface area contributed by atoms with Crippen molar-refractivity contribution >= 4 is 11.8 Å². The second-order valence-corrected chi connectivity index (χ2v) is 7.51. The van der Waals surface area contributed by atoms with E-state index in [1.807, 2.05) is 11.8 Å². The van der Waals surface area contributed by atoms with Gasteiger partial charge in [-0.25, -0.2) is 0 Å². The fourth-order valence-corrected chi connectivity index (χ4v) is 3.02. The summed E-state index contributed by atoms with van der Waals surface area (Å²) in [6.45, 7) is 7.45. The van der Waals surface area contributed by atoms with Gasteiger partial charge in [0.15, 0.2) is 0 Å².